The quantitative estimate of drug-likeness (QED) is 0.659. The summed E-state index contributed by atoms with van der Waals surface area (Å²) in [6.45, 7) is 3.97. The first kappa shape index (κ1) is 14.1. The third-order valence-corrected chi connectivity index (χ3v) is 3.13. The van der Waals surface area contributed by atoms with Crippen LogP contribution >= 0.6 is 0 Å². The van der Waals surface area contributed by atoms with E-state index in [4.69, 9.17) is 9.47 Å². The van der Waals surface area contributed by atoms with E-state index in [0.29, 0.717) is 6.42 Å². The van der Waals surface area contributed by atoms with Crippen molar-refractivity contribution in [3.63, 3.8) is 0 Å². The summed E-state index contributed by atoms with van der Waals surface area (Å²) in [7, 11) is 0. The monoisotopic (exact) mass is 275 g/mol. The number of amides is 1. The second-order valence-electron chi connectivity index (χ2n) is 4.57. The molecule has 2 atom stereocenters. The molecule has 0 radical (unpaired) electrons. The lowest BCUT2D eigenvalue weighted by Crippen LogP contribution is -2.40. The van der Waals surface area contributed by atoms with Crippen LogP contribution in [0.5, 0.6) is 0 Å². The van der Waals surface area contributed by atoms with E-state index in [1.54, 1.807) is 6.08 Å². The van der Waals surface area contributed by atoms with Gasteiger partial charge < -0.3 is 14.8 Å². The zero-order valence-electron chi connectivity index (χ0n) is 11.1. The molecule has 0 spiro atoms. The van der Waals surface area contributed by atoms with Gasteiger partial charge in [0.05, 0.1) is 12.0 Å². The molecule has 0 aliphatic carbocycles. The molecular formula is C15H17NO4. The minimum Gasteiger partial charge on any atom is -0.463 e. The molecule has 2 rings (SSSR count). The predicted molar refractivity (Wildman–Crippen MR) is 72.8 cm³/mol. The summed E-state index contributed by atoms with van der Waals surface area (Å²) in [6, 6.07) is 9.03. The number of allylic oxidation sites excluding steroid dienone is 1. The number of nitrogens with one attached hydrogen (secondary N) is 1. The topological polar surface area (TPSA) is 64.6 Å². The van der Waals surface area contributed by atoms with E-state index in [2.05, 4.69) is 11.9 Å². The number of benzene rings is 1. The van der Waals surface area contributed by atoms with Crippen molar-refractivity contribution in [2.24, 2.45) is 5.92 Å². The molecule has 106 valence electrons. The molecule has 1 heterocycles. The van der Waals surface area contributed by atoms with Gasteiger partial charge >= 0.3 is 12.1 Å². The highest BCUT2D eigenvalue weighted by atomic mass is 16.6. The normalized spacial score (nSPS) is 21.1. The van der Waals surface area contributed by atoms with Crippen molar-refractivity contribution in [3.8, 4) is 0 Å². The minimum absolute atomic E-state index is 0.178. The summed E-state index contributed by atoms with van der Waals surface area (Å²) in [5, 5.41) is 2.66. The molecular weight excluding hydrogens is 258 g/mol. The van der Waals surface area contributed by atoms with Crippen LogP contribution in [0, 0.1) is 5.92 Å². The molecule has 1 aromatic carbocycles. The SMILES string of the molecule is C=CC[C@H]1C(=O)OC[C@@H]1NC(=O)OCc1ccccc1. The van der Waals surface area contributed by atoms with Gasteiger partial charge in [0.1, 0.15) is 13.2 Å². The lowest BCUT2D eigenvalue weighted by Gasteiger charge is -2.15. The van der Waals surface area contributed by atoms with Gasteiger partial charge in [0.2, 0.25) is 0 Å². The average Bonchev–Trinajstić information content (AvgIpc) is 2.80. The van der Waals surface area contributed by atoms with E-state index in [9.17, 15) is 9.59 Å². The molecule has 20 heavy (non-hydrogen) atoms. The maximum atomic E-state index is 11.7. The lowest BCUT2D eigenvalue weighted by molar-refractivity contribution is -0.141. The smallest absolute Gasteiger partial charge is 0.407 e. The molecule has 0 bridgehead atoms. The van der Waals surface area contributed by atoms with E-state index in [1.807, 2.05) is 30.3 Å². The Morgan fingerprint density at radius 3 is 2.90 bits per heavy atom. The number of ether oxygens (including phenoxy) is 2. The van der Waals surface area contributed by atoms with E-state index < -0.39 is 6.09 Å². The molecule has 1 aliphatic rings. The third kappa shape index (κ3) is 3.60. The van der Waals surface area contributed by atoms with Crippen molar-refractivity contribution < 1.29 is 19.1 Å². The first-order valence-corrected chi connectivity index (χ1v) is 6.45. The molecule has 0 unspecified atom stereocenters. The lowest BCUT2D eigenvalue weighted by atomic mass is 9.99. The van der Waals surface area contributed by atoms with Crippen molar-refractivity contribution in [2.45, 2.75) is 19.1 Å². The van der Waals surface area contributed by atoms with Crippen LogP contribution in [-0.2, 0) is 20.9 Å². The highest BCUT2D eigenvalue weighted by Gasteiger charge is 2.37. The number of hydrogen-bond acceptors (Lipinski definition) is 4. The first-order chi connectivity index (χ1) is 9.70. The van der Waals surface area contributed by atoms with Crippen molar-refractivity contribution >= 4 is 12.1 Å². The zero-order chi connectivity index (χ0) is 14.4. The van der Waals surface area contributed by atoms with Gasteiger partial charge in [-0.1, -0.05) is 36.4 Å². The van der Waals surface area contributed by atoms with Crippen LogP contribution in [0.25, 0.3) is 0 Å². The fourth-order valence-electron chi connectivity index (χ4n) is 2.06. The van der Waals surface area contributed by atoms with Gasteiger partial charge in [-0.25, -0.2) is 4.79 Å². The van der Waals surface area contributed by atoms with E-state index in [0.717, 1.165) is 5.56 Å². The maximum absolute atomic E-state index is 11.7. The molecule has 5 heteroatoms. The number of carbonyl (C=O) groups excluding carboxylic acids is 2. The summed E-state index contributed by atoms with van der Waals surface area (Å²) < 4.78 is 10.0. The summed E-state index contributed by atoms with van der Waals surface area (Å²) in [5.74, 6) is -0.685. The van der Waals surface area contributed by atoms with E-state index in [-0.39, 0.29) is 31.1 Å². The molecule has 1 N–H and O–H groups in total. The van der Waals surface area contributed by atoms with E-state index >= 15 is 0 Å². The van der Waals surface area contributed by atoms with Gasteiger partial charge in [-0.3, -0.25) is 4.79 Å². The Bertz CT molecular complexity index is 486. The molecule has 5 nitrogen and oxygen atoms in total. The van der Waals surface area contributed by atoms with E-state index in [1.165, 1.54) is 0 Å². The minimum atomic E-state index is -0.550. The van der Waals surface area contributed by atoms with Crippen molar-refractivity contribution in [3.05, 3.63) is 48.6 Å². The van der Waals surface area contributed by atoms with Gasteiger partial charge in [0, 0.05) is 0 Å². The highest BCUT2D eigenvalue weighted by molar-refractivity contribution is 5.77. The van der Waals surface area contributed by atoms with Gasteiger partial charge in [-0.2, -0.15) is 0 Å². The van der Waals surface area contributed by atoms with Gasteiger partial charge in [-0.15, -0.1) is 6.58 Å². The highest BCUT2D eigenvalue weighted by Crippen LogP contribution is 2.19. The summed E-state index contributed by atoms with van der Waals surface area (Å²) in [6.07, 6.45) is 1.56. The summed E-state index contributed by atoms with van der Waals surface area (Å²) >= 11 is 0. The summed E-state index contributed by atoms with van der Waals surface area (Å²) in [4.78, 5) is 23.2. The van der Waals surface area contributed by atoms with Crippen molar-refractivity contribution in [1.29, 1.82) is 0 Å². The number of esters is 1. The molecule has 1 aliphatic heterocycles. The standard InChI is InChI=1S/C15H17NO4/c1-2-6-12-13(10-19-14(12)17)16-15(18)20-9-11-7-4-3-5-8-11/h2-5,7-8,12-13H,1,6,9-10H2,(H,16,18)/t12-,13+/m1/s1. The van der Waals surface area contributed by atoms with Crippen LogP contribution in [-0.4, -0.2) is 24.7 Å². The molecule has 0 saturated carbocycles. The number of carbonyl (C=O) groups is 2. The van der Waals surface area contributed by atoms with Crippen LogP contribution in [0.2, 0.25) is 0 Å². The van der Waals surface area contributed by atoms with Gasteiger partial charge in [0.15, 0.2) is 0 Å². The van der Waals surface area contributed by atoms with Gasteiger partial charge in [-0.05, 0) is 12.0 Å². The van der Waals surface area contributed by atoms with Crippen LogP contribution in [0.1, 0.15) is 12.0 Å². The molecule has 0 aromatic heterocycles. The fourth-order valence-corrected chi connectivity index (χ4v) is 2.06. The second-order valence-corrected chi connectivity index (χ2v) is 4.57. The fraction of sp³-hybridized carbons (Fsp3) is 0.333. The second kappa shape index (κ2) is 6.75. The Morgan fingerprint density at radius 2 is 2.20 bits per heavy atom. The Labute approximate surface area is 117 Å². The predicted octanol–water partition coefficient (Wildman–Crippen LogP) is 2.03. The third-order valence-electron chi connectivity index (χ3n) is 3.13. The average molecular weight is 275 g/mol. The Hall–Kier alpha value is -2.30. The Balaban J connectivity index is 1.82. The largest absolute Gasteiger partial charge is 0.463 e. The van der Waals surface area contributed by atoms with Crippen LogP contribution in [0.3, 0.4) is 0 Å². The molecule has 1 amide bonds. The Kier molecular flexibility index (Phi) is 4.76. The van der Waals surface area contributed by atoms with Gasteiger partial charge in [0.25, 0.3) is 0 Å². The van der Waals surface area contributed by atoms with Crippen LogP contribution < -0.4 is 5.32 Å². The first-order valence-electron chi connectivity index (χ1n) is 6.45. The van der Waals surface area contributed by atoms with Crippen molar-refractivity contribution in [1.82, 2.24) is 5.32 Å². The number of alkyl carbamates (subject to hydrolysis) is 1. The molecule has 1 aromatic rings. The zero-order valence-corrected chi connectivity index (χ0v) is 11.1. The van der Waals surface area contributed by atoms with Crippen LogP contribution in [0.4, 0.5) is 4.79 Å². The number of rotatable bonds is 5. The molecule has 1 fully saturated rings. The molecule has 1 saturated heterocycles. The Morgan fingerprint density at radius 1 is 1.45 bits per heavy atom. The number of cyclic esters (lactones) is 1. The van der Waals surface area contributed by atoms with Crippen molar-refractivity contribution in [2.75, 3.05) is 6.61 Å². The van der Waals surface area contributed by atoms with Crippen LogP contribution in [0.15, 0.2) is 43.0 Å². The maximum Gasteiger partial charge on any atom is 0.407 e. The number of hydrogen-bond donors (Lipinski definition) is 1. The summed E-state index contributed by atoms with van der Waals surface area (Å²) in [5.41, 5.74) is 0.907.